The quantitative estimate of drug-likeness (QED) is 0.730. The van der Waals surface area contributed by atoms with E-state index in [1.165, 1.54) is 0 Å². The first-order valence-electron chi connectivity index (χ1n) is 11.4. The van der Waals surface area contributed by atoms with Crippen molar-refractivity contribution in [2.24, 2.45) is 0 Å². The number of benzene rings is 2. The third-order valence-electron chi connectivity index (χ3n) is 5.46. The second-order valence-corrected chi connectivity index (χ2v) is 9.14. The molecule has 3 rings (SSSR count). The Morgan fingerprint density at radius 2 is 1.33 bits per heavy atom. The van der Waals surface area contributed by atoms with Gasteiger partial charge in [-0.05, 0) is 31.9 Å². The Hall–Kier alpha value is -3.35. The maximum Gasteiger partial charge on any atom is 0.407 e. The van der Waals surface area contributed by atoms with Crippen molar-refractivity contribution in [2.75, 3.05) is 32.7 Å². The van der Waals surface area contributed by atoms with Gasteiger partial charge in [0, 0.05) is 39.1 Å². The van der Waals surface area contributed by atoms with Crippen LogP contribution < -0.4 is 5.32 Å². The van der Waals surface area contributed by atoms with Crippen LogP contribution in [0.5, 0.6) is 0 Å². The molecule has 2 aromatic rings. The van der Waals surface area contributed by atoms with E-state index in [1.807, 2.05) is 65.6 Å². The molecule has 3 amide bonds. The predicted octanol–water partition coefficient (Wildman–Crippen LogP) is 3.40. The van der Waals surface area contributed by atoms with Crippen molar-refractivity contribution in [1.29, 1.82) is 0 Å². The first kappa shape index (κ1) is 24.3. The first-order valence-corrected chi connectivity index (χ1v) is 11.4. The highest BCUT2D eigenvalue weighted by molar-refractivity contribution is 5.87. The molecule has 2 aromatic carbocycles. The zero-order valence-electron chi connectivity index (χ0n) is 19.6. The molecule has 0 atom stereocenters. The molecular weight excluding hydrogens is 418 g/mol. The monoisotopic (exact) mass is 451 g/mol. The Morgan fingerprint density at radius 3 is 1.82 bits per heavy atom. The normalized spacial score (nSPS) is 14.2. The van der Waals surface area contributed by atoms with E-state index >= 15 is 0 Å². The molecule has 1 saturated heterocycles. The molecule has 0 saturated carbocycles. The average Bonchev–Trinajstić information content (AvgIpc) is 2.79. The van der Waals surface area contributed by atoms with Crippen LogP contribution in [0.15, 0.2) is 60.7 Å². The number of nitrogens with one attached hydrogen (secondary N) is 1. The predicted molar refractivity (Wildman–Crippen MR) is 127 cm³/mol. The van der Waals surface area contributed by atoms with Gasteiger partial charge in [0.15, 0.2) is 0 Å². The highest BCUT2D eigenvalue weighted by Crippen LogP contribution is 2.27. The molecule has 1 N–H and O–H groups in total. The molecule has 7 heteroatoms. The summed E-state index contributed by atoms with van der Waals surface area (Å²) in [6.07, 6.45) is -0.331. The van der Waals surface area contributed by atoms with Crippen LogP contribution in [0.2, 0.25) is 0 Å². The summed E-state index contributed by atoms with van der Waals surface area (Å²) in [5.74, 6) is -0.361. The number of hydrogen-bond acceptors (Lipinski definition) is 4. The minimum absolute atomic E-state index is 0.0409. The van der Waals surface area contributed by atoms with E-state index in [0.717, 1.165) is 11.1 Å². The van der Waals surface area contributed by atoms with Crippen LogP contribution in [0.25, 0.3) is 0 Å². The average molecular weight is 452 g/mol. The summed E-state index contributed by atoms with van der Waals surface area (Å²) in [6.45, 7) is 7.52. The smallest absolute Gasteiger partial charge is 0.407 e. The van der Waals surface area contributed by atoms with Crippen molar-refractivity contribution in [3.8, 4) is 0 Å². The fraction of sp³-hybridized carbons (Fsp3) is 0.423. The van der Waals surface area contributed by atoms with Crippen molar-refractivity contribution in [3.05, 3.63) is 71.8 Å². The second kappa shape index (κ2) is 11.0. The summed E-state index contributed by atoms with van der Waals surface area (Å²) >= 11 is 0. The molecule has 0 bridgehead atoms. The Morgan fingerprint density at radius 1 is 0.848 bits per heavy atom. The van der Waals surface area contributed by atoms with Gasteiger partial charge in [0.25, 0.3) is 0 Å². The maximum absolute atomic E-state index is 13.5. The first-order chi connectivity index (χ1) is 15.7. The molecule has 0 radical (unpaired) electrons. The van der Waals surface area contributed by atoms with Gasteiger partial charge in [-0.1, -0.05) is 60.7 Å². The third kappa shape index (κ3) is 7.07. The maximum atomic E-state index is 13.5. The van der Waals surface area contributed by atoms with Gasteiger partial charge in [-0.2, -0.15) is 0 Å². The minimum atomic E-state index is -0.575. The van der Waals surface area contributed by atoms with Crippen LogP contribution in [0.4, 0.5) is 4.79 Å². The molecule has 7 nitrogen and oxygen atoms in total. The van der Waals surface area contributed by atoms with E-state index in [-0.39, 0.29) is 30.7 Å². The zero-order chi connectivity index (χ0) is 23.8. The standard InChI is InChI=1S/C26H33N3O4/c1-26(2,3)33-25(32)27-15-14-22(30)28-16-18-29(19-17-28)24(31)23(20-10-6-4-7-11-20)21-12-8-5-9-13-21/h4-13,23H,14-19H2,1-3H3,(H,27,32). The van der Waals surface area contributed by atoms with E-state index in [4.69, 9.17) is 4.74 Å². The summed E-state index contributed by atoms with van der Waals surface area (Å²) in [4.78, 5) is 41.4. The molecule has 0 spiro atoms. The number of carbonyl (C=O) groups is 3. The summed E-state index contributed by atoms with van der Waals surface area (Å²) < 4.78 is 5.18. The van der Waals surface area contributed by atoms with Gasteiger partial charge in [-0.15, -0.1) is 0 Å². The van der Waals surface area contributed by atoms with Crippen LogP contribution >= 0.6 is 0 Å². The molecule has 1 aliphatic heterocycles. The van der Waals surface area contributed by atoms with Gasteiger partial charge in [-0.25, -0.2) is 4.79 Å². The number of ether oxygens (including phenoxy) is 1. The van der Waals surface area contributed by atoms with Crippen molar-refractivity contribution in [2.45, 2.75) is 38.7 Å². The topological polar surface area (TPSA) is 79.0 Å². The highest BCUT2D eigenvalue weighted by atomic mass is 16.6. The van der Waals surface area contributed by atoms with Gasteiger partial charge < -0.3 is 19.9 Å². The zero-order valence-corrected chi connectivity index (χ0v) is 19.6. The van der Waals surface area contributed by atoms with Crippen molar-refractivity contribution in [1.82, 2.24) is 15.1 Å². The van der Waals surface area contributed by atoms with E-state index in [2.05, 4.69) is 5.32 Å². The van der Waals surface area contributed by atoms with Gasteiger partial charge in [0.2, 0.25) is 11.8 Å². The second-order valence-electron chi connectivity index (χ2n) is 9.14. The fourth-order valence-corrected chi connectivity index (χ4v) is 3.87. The van der Waals surface area contributed by atoms with Crippen molar-refractivity contribution >= 4 is 17.9 Å². The molecule has 176 valence electrons. The summed E-state index contributed by atoms with van der Waals surface area (Å²) in [5.41, 5.74) is 1.34. The molecule has 1 fully saturated rings. The van der Waals surface area contributed by atoms with E-state index in [0.29, 0.717) is 26.2 Å². The van der Waals surface area contributed by atoms with Gasteiger partial charge >= 0.3 is 6.09 Å². The van der Waals surface area contributed by atoms with Crippen molar-refractivity contribution in [3.63, 3.8) is 0 Å². The minimum Gasteiger partial charge on any atom is -0.444 e. The van der Waals surface area contributed by atoms with Crippen molar-refractivity contribution < 1.29 is 19.1 Å². The summed E-state index contributed by atoms with van der Waals surface area (Å²) in [7, 11) is 0. The molecule has 1 heterocycles. The lowest BCUT2D eigenvalue weighted by Gasteiger charge is -2.36. The Bertz CT molecular complexity index is 894. The number of carbonyl (C=O) groups excluding carboxylic acids is 3. The van der Waals surface area contributed by atoms with E-state index < -0.39 is 11.7 Å². The van der Waals surface area contributed by atoms with E-state index in [9.17, 15) is 14.4 Å². The number of alkyl carbamates (subject to hydrolysis) is 1. The largest absolute Gasteiger partial charge is 0.444 e. The Labute approximate surface area is 195 Å². The number of amides is 3. The molecular formula is C26H33N3O4. The van der Waals surface area contributed by atoms with Crippen LogP contribution in [0.3, 0.4) is 0 Å². The molecule has 0 unspecified atom stereocenters. The highest BCUT2D eigenvalue weighted by Gasteiger charge is 2.30. The van der Waals surface area contributed by atoms with Gasteiger partial charge in [0.05, 0.1) is 5.92 Å². The Balaban J connectivity index is 1.54. The SMILES string of the molecule is CC(C)(C)OC(=O)NCCC(=O)N1CCN(C(=O)C(c2ccccc2)c2ccccc2)CC1. The van der Waals surface area contributed by atoms with Crippen LogP contribution in [0.1, 0.15) is 44.2 Å². The Kier molecular flexibility index (Phi) is 8.09. The molecule has 1 aliphatic rings. The lowest BCUT2D eigenvalue weighted by Crippen LogP contribution is -2.52. The number of hydrogen-bond donors (Lipinski definition) is 1. The summed E-state index contributed by atoms with van der Waals surface area (Å²) in [5, 5.41) is 2.61. The van der Waals surface area contributed by atoms with Crippen LogP contribution in [-0.4, -0.2) is 66.0 Å². The van der Waals surface area contributed by atoms with Crippen LogP contribution in [0, 0.1) is 0 Å². The number of nitrogens with zero attached hydrogens (tertiary/aromatic N) is 2. The molecule has 0 aromatic heterocycles. The number of rotatable bonds is 6. The molecule has 0 aliphatic carbocycles. The lowest BCUT2D eigenvalue weighted by molar-refractivity contribution is -0.139. The third-order valence-corrected chi connectivity index (χ3v) is 5.46. The van der Waals surface area contributed by atoms with Gasteiger partial charge in [-0.3, -0.25) is 9.59 Å². The molecule has 33 heavy (non-hydrogen) atoms. The van der Waals surface area contributed by atoms with Crippen LogP contribution in [-0.2, 0) is 14.3 Å². The summed E-state index contributed by atoms with van der Waals surface area (Å²) in [6, 6.07) is 19.6. The number of piperazine rings is 1. The fourth-order valence-electron chi connectivity index (χ4n) is 3.87. The van der Waals surface area contributed by atoms with Gasteiger partial charge in [0.1, 0.15) is 5.60 Å². The lowest BCUT2D eigenvalue weighted by atomic mass is 9.90. The van der Waals surface area contributed by atoms with E-state index in [1.54, 1.807) is 25.7 Å².